The second-order valence-electron chi connectivity index (χ2n) is 3.85. The van der Waals surface area contributed by atoms with Crippen LogP contribution in [0.3, 0.4) is 0 Å². The van der Waals surface area contributed by atoms with Gasteiger partial charge in [0.05, 0.1) is 6.16 Å². The minimum absolute atomic E-state index is 0. The summed E-state index contributed by atoms with van der Waals surface area (Å²) < 4.78 is 11.1. The fourth-order valence-corrected chi connectivity index (χ4v) is 2.50. The van der Waals surface area contributed by atoms with Gasteiger partial charge in [0.15, 0.2) is 0 Å². The molecular weight excluding hydrogens is 258 g/mol. The predicted octanol–water partition coefficient (Wildman–Crippen LogP) is 2.65. The van der Waals surface area contributed by atoms with Crippen LogP contribution in [-0.4, -0.2) is 39.3 Å². The van der Waals surface area contributed by atoms with E-state index in [1.165, 1.54) is 0 Å². The van der Waals surface area contributed by atoms with Crippen LogP contribution in [-0.2, 0) is 10.7 Å². The number of rotatable bonds is 3. The molecule has 0 saturated carbocycles. The summed E-state index contributed by atoms with van der Waals surface area (Å²) in [6.07, 6.45) is -0.224. The summed E-state index contributed by atoms with van der Waals surface area (Å²) in [6, 6.07) is 16.9. The van der Waals surface area contributed by atoms with Gasteiger partial charge in [-0.25, -0.2) is 0 Å². The Kier molecular flexibility index (Phi) is 5.80. The number of benzene rings is 2. The SMILES string of the molecule is O=P(O)(O)Cc1ccccc1-c1ccccc1.[Na]. The molecule has 0 aliphatic carbocycles. The molecule has 2 aromatic carbocycles. The van der Waals surface area contributed by atoms with Crippen LogP contribution < -0.4 is 0 Å². The summed E-state index contributed by atoms with van der Waals surface area (Å²) in [5, 5.41) is 0. The number of hydrogen-bond acceptors (Lipinski definition) is 1. The van der Waals surface area contributed by atoms with Crippen LogP contribution in [0.25, 0.3) is 11.1 Å². The largest absolute Gasteiger partial charge is 0.329 e. The van der Waals surface area contributed by atoms with Gasteiger partial charge < -0.3 is 9.79 Å². The number of hydrogen-bond donors (Lipinski definition) is 2. The molecule has 0 amide bonds. The van der Waals surface area contributed by atoms with Crippen LogP contribution in [0.4, 0.5) is 0 Å². The van der Waals surface area contributed by atoms with Crippen LogP contribution in [0.2, 0.25) is 0 Å². The molecule has 0 unspecified atom stereocenters. The second kappa shape index (κ2) is 6.67. The minimum Gasteiger partial charge on any atom is -0.324 e. The smallest absolute Gasteiger partial charge is 0.324 e. The molecule has 1 radical (unpaired) electrons. The Labute approximate surface area is 128 Å². The van der Waals surface area contributed by atoms with Gasteiger partial charge in [0.2, 0.25) is 0 Å². The summed E-state index contributed by atoms with van der Waals surface area (Å²) in [5.74, 6) is 0. The molecule has 5 heteroatoms. The molecule has 2 rings (SSSR count). The zero-order chi connectivity index (χ0) is 12.3. The molecule has 2 N–H and O–H groups in total. The van der Waals surface area contributed by atoms with Gasteiger partial charge in [-0.1, -0.05) is 54.6 Å². The molecule has 0 bridgehead atoms. The summed E-state index contributed by atoms with van der Waals surface area (Å²) in [4.78, 5) is 18.1. The maximum atomic E-state index is 11.1. The summed E-state index contributed by atoms with van der Waals surface area (Å²) in [5.41, 5.74) is 2.51. The van der Waals surface area contributed by atoms with Gasteiger partial charge in [-0.3, -0.25) is 4.57 Å². The van der Waals surface area contributed by atoms with E-state index in [2.05, 4.69) is 0 Å². The molecular formula is C13H13NaO3P. The van der Waals surface area contributed by atoms with Gasteiger partial charge in [-0.2, -0.15) is 0 Å². The molecule has 0 aromatic heterocycles. The molecule has 2 aromatic rings. The van der Waals surface area contributed by atoms with E-state index in [1.807, 2.05) is 42.5 Å². The summed E-state index contributed by atoms with van der Waals surface area (Å²) >= 11 is 0. The van der Waals surface area contributed by atoms with Crippen LogP contribution in [0.15, 0.2) is 54.6 Å². The Morgan fingerprint density at radius 1 is 0.889 bits per heavy atom. The second-order valence-corrected chi connectivity index (χ2v) is 5.49. The summed E-state index contributed by atoms with van der Waals surface area (Å²) in [7, 11) is -4.03. The minimum atomic E-state index is -4.03. The monoisotopic (exact) mass is 271 g/mol. The third kappa shape index (κ3) is 4.36. The Morgan fingerprint density at radius 2 is 1.44 bits per heavy atom. The Bertz CT molecular complexity index is 551. The normalized spacial score (nSPS) is 10.8. The molecule has 0 aliphatic rings. The van der Waals surface area contributed by atoms with Crippen molar-refractivity contribution >= 4 is 37.2 Å². The maximum absolute atomic E-state index is 11.1. The van der Waals surface area contributed by atoms with E-state index < -0.39 is 7.60 Å². The first kappa shape index (κ1) is 15.6. The maximum Gasteiger partial charge on any atom is 0.329 e. The zero-order valence-corrected chi connectivity index (χ0v) is 13.0. The van der Waals surface area contributed by atoms with Gasteiger partial charge in [-0.05, 0) is 16.7 Å². The fourth-order valence-electron chi connectivity index (χ4n) is 1.78. The van der Waals surface area contributed by atoms with Crippen molar-refractivity contribution in [3.05, 3.63) is 60.2 Å². The molecule has 0 atom stereocenters. The molecule has 0 aliphatic heterocycles. The molecule has 0 spiro atoms. The van der Waals surface area contributed by atoms with Crippen molar-refractivity contribution in [2.24, 2.45) is 0 Å². The molecule has 89 valence electrons. The Morgan fingerprint density at radius 3 is 2.06 bits per heavy atom. The van der Waals surface area contributed by atoms with E-state index in [0.717, 1.165) is 11.1 Å². The third-order valence-electron chi connectivity index (χ3n) is 2.48. The van der Waals surface area contributed by atoms with E-state index in [4.69, 9.17) is 9.79 Å². The average Bonchev–Trinajstić information content (AvgIpc) is 2.29. The van der Waals surface area contributed by atoms with Gasteiger partial charge in [0.25, 0.3) is 0 Å². The Balaban J connectivity index is 0.00000162. The van der Waals surface area contributed by atoms with E-state index in [1.54, 1.807) is 12.1 Å². The van der Waals surface area contributed by atoms with Gasteiger partial charge >= 0.3 is 7.60 Å². The van der Waals surface area contributed by atoms with Crippen molar-refractivity contribution in [2.45, 2.75) is 6.16 Å². The predicted molar refractivity (Wildman–Crippen MR) is 73.4 cm³/mol. The van der Waals surface area contributed by atoms with Crippen molar-refractivity contribution in [1.29, 1.82) is 0 Å². The van der Waals surface area contributed by atoms with Crippen molar-refractivity contribution < 1.29 is 14.4 Å². The average molecular weight is 271 g/mol. The Hall–Kier alpha value is -0.410. The van der Waals surface area contributed by atoms with Gasteiger partial charge in [-0.15, -0.1) is 0 Å². The van der Waals surface area contributed by atoms with Crippen LogP contribution in [0.5, 0.6) is 0 Å². The first-order valence-corrected chi connectivity index (χ1v) is 7.04. The van der Waals surface area contributed by atoms with Crippen molar-refractivity contribution in [2.75, 3.05) is 0 Å². The van der Waals surface area contributed by atoms with Gasteiger partial charge in [0.1, 0.15) is 0 Å². The summed E-state index contributed by atoms with van der Waals surface area (Å²) in [6.45, 7) is 0. The third-order valence-corrected chi connectivity index (χ3v) is 3.23. The van der Waals surface area contributed by atoms with Crippen LogP contribution in [0.1, 0.15) is 5.56 Å². The van der Waals surface area contributed by atoms with Gasteiger partial charge in [0, 0.05) is 29.6 Å². The standard InChI is InChI=1S/C13H13O3P.Na/c14-17(15,16)10-12-8-4-5-9-13(12)11-6-2-1-3-7-11;/h1-9H,10H2,(H2,14,15,16);. The van der Waals surface area contributed by atoms with E-state index in [-0.39, 0.29) is 35.7 Å². The van der Waals surface area contributed by atoms with Crippen LogP contribution in [0, 0.1) is 0 Å². The van der Waals surface area contributed by atoms with Crippen molar-refractivity contribution in [1.82, 2.24) is 0 Å². The zero-order valence-electron chi connectivity index (χ0n) is 10.2. The first-order valence-electron chi connectivity index (χ1n) is 5.24. The van der Waals surface area contributed by atoms with Crippen molar-refractivity contribution in [3.8, 4) is 11.1 Å². The molecule has 0 saturated heterocycles. The van der Waals surface area contributed by atoms with E-state index >= 15 is 0 Å². The van der Waals surface area contributed by atoms with Crippen molar-refractivity contribution in [3.63, 3.8) is 0 Å². The van der Waals surface area contributed by atoms with E-state index in [0.29, 0.717) is 5.56 Å². The molecule has 18 heavy (non-hydrogen) atoms. The topological polar surface area (TPSA) is 57.5 Å². The molecule has 3 nitrogen and oxygen atoms in total. The molecule has 0 heterocycles. The first-order chi connectivity index (χ1) is 8.06. The quantitative estimate of drug-likeness (QED) is 0.666. The van der Waals surface area contributed by atoms with Crippen LogP contribution >= 0.6 is 7.60 Å². The van der Waals surface area contributed by atoms with E-state index in [9.17, 15) is 4.57 Å². The fraction of sp³-hybridized carbons (Fsp3) is 0.0769. The molecule has 0 fully saturated rings.